The molecule has 41 heavy (non-hydrogen) atoms. The van der Waals surface area contributed by atoms with Gasteiger partial charge in [0.05, 0.1) is 23.5 Å². The number of para-hydroxylation sites is 1. The predicted octanol–water partition coefficient (Wildman–Crippen LogP) is 7.43. The van der Waals surface area contributed by atoms with E-state index in [2.05, 4.69) is 86.3 Å². The number of hydrogen-bond acceptors (Lipinski definition) is 5. The first-order valence-electron chi connectivity index (χ1n) is 15.3. The van der Waals surface area contributed by atoms with E-state index in [4.69, 9.17) is 4.74 Å². The monoisotopic (exact) mass is 575 g/mol. The fourth-order valence-electron chi connectivity index (χ4n) is 7.15. The van der Waals surface area contributed by atoms with Crippen molar-refractivity contribution in [2.24, 2.45) is 5.92 Å². The van der Waals surface area contributed by atoms with Gasteiger partial charge in [-0.2, -0.15) is 4.41 Å². The second kappa shape index (κ2) is 11.2. The van der Waals surface area contributed by atoms with Gasteiger partial charge in [0.1, 0.15) is 5.75 Å². The van der Waals surface area contributed by atoms with E-state index in [0.717, 1.165) is 23.7 Å². The first-order valence-corrected chi connectivity index (χ1v) is 16.3. The number of anilines is 1. The van der Waals surface area contributed by atoms with Gasteiger partial charge >= 0.3 is 6.03 Å². The summed E-state index contributed by atoms with van der Waals surface area (Å²) in [6.45, 7) is 12.1. The third-order valence-corrected chi connectivity index (χ3v) is 9.97. The summed E-state index contributed by atoms with van der Waals surface area (Å²) in [5, 5.41) is 5.13. The fourth-order valence-corrected chi connectivity index (χ4v) is 7.94. The van der Waals surface area contributed by atoms with Crippen LogP contribution < -0.4 is 20.4 Å². The van der Waals surface area contributed by atoms with E-state index < -0.39 is 5.66 Å². The molecule has 7 nitrogen and oxygen atoms in total. The maximum Gasteiger partial charge on any atom is 0.349 e. The lowest BCUT2D eigenvalue weighted by Crippen LogP contribution is -2.63. The van der Waals surface area contributed by atoms with Gasteiger partial charge in [-0.1, -0.05) is 44.4 Å². The summed E-state index contributed by atoms with van der Waals surface area (Å²) >= 11 is 1.49. The highest BCUT2D eigenvalue weighted by atomic mass is 32.2. The van der Waals surface area contributed by atoms with Crippen molar-refractivity contribution >= 4 is 34.6 Å². The topological polar surface area (TPSA) is 61.8 Å². The van der Waals surface area contributed by atoms with Crippen LogP contribution in [0.5, 0.6) is 5.75 Å². The predicted molar refractivity (Wildman–Crippen MR) is 171 cm³/mol. The number of amides is 2. The van der Waals surface area contributed by atoms with Crippen LogP contribution in [0.1, 0.15) is 76.8 Å². The summed E-state index contributed by atoms with van der Waals surface area (Å²) in [5.41, 5.74) is 10.2. The Morgan fingerprint density at radius 2 is 1.90 bits per heavy atom. The van der Waals surface area contributed by atoms with E-state index >= 15 is 0 Å². The Bertz CT molecular complexity index is 1440. The number of nitrogens with one attached hydrogen (secondary N) is 2. The summed E-state index contributed by atoms with van der Waals surface area (Å²) in [7, 11) is 1.88. The maximum atomic E-state index is 13.9. The van der Waals surface area contributed by atoms with Crippen molar-refractivity contribution in [3.63, 3.8) is 0 Å². The molecule has 2 N–H and O–H groups in total. The molecule has 3 aliphatic rings. The third-order valence-electron chi connectivity index (χ3n) is 9.21. The number of carbonyl (C=O) groups excluding carboxylic acids is 1. The molecule has 1 unspecified atom stereocenters. The minimum atomic E-state index is -0.525. The van der Waals surface area contributed by atoms with E-state index in [1.807, 2.05) is 7.05 Å². The summed E-state index contributed by atoms with van der Waals surface area (Å²) < 4.78 is 11.0. The number of nitrogens with zero attached hydrogens (tertiary/aromatic N) is 3. The smallest absolute Gasteiger partial charge is 0.349 e. The highest BCUT2D eigenvalue weighted by Gasteiger charge is 2.35. The van der Waals surface area contributed by atoms with Crippen molar-refractivity contribution in [3.05, 3.63) is 47.5 Å². The highest BCUT2D eigenvalue weighted by Crippen LogP contribution is 2.48. The summed E-state index contributed by atoms with van der Waals surface area (Å²) in [4.78, 5) is 15.6. The van der Waals surface area contributed by atoms with E-state index in [0.29, 0.717) is 12.5 Å². The largest absolute Gasteiger partial charge is 0.492 e. The molecule has 3 aromatic rings. The molecule has 3 heterocycles. The van der Waals surface area contributed by atoms with Crippen LogP contribution in [0.3, 0.4) is 0 Å². The fraction of sp³-hybridized carbons (Fsp3) is 0.545. The lowest BCUT2D eigenvalue weighted by Gasteiger charge is -2.39. The van der Waals surface area contributed by atoms with Gasteiger partial charge in [0.25, 0.3) is 0 Å². The molecule has 1 fully saturated rings. The number of carbonyl (C=O) groups is 1. The second-order valence-corrected chi connectivity index (χ2v) is 13.9. The van der Waals surface area contributed by atoms with Crippen LogP contribution in [0.4, 0.5) is 10.5 Å². The molecule has 2 aromatic carbocycles. The van der Waals surface area contributed by atoms with Crippen molar-refractivity contribution in [2.75, 3.05) is 24.3 Å². The number of aryl methyl sites for hydroxylation is 1. The number of aromatic nitrogens is 1. The van der Waals surface area contributed by atoms with Crippen molar-refractivity contribution in [1.82, 2.24) is 19.7 Å². The molecule has 1 aromatic heterocycles. The molecule has 220 valence electrons. The molecule has 6 rings (SSSR count). The molecule has 0 saturated heterocycles. The molecule has 1 saturated carbocycles. The molecule has 2 atom stereocenters. The molecular formula is C33H45N5O2S. The number of fused-ring (bicyclic) bond motifs is 4. The minimum absolute atomic E-state index is 0.0889. The Kier molecular flexibility index (Phi) is 7.76. The zero-order valence-electron chi connectivity index (χ0n) is 25.4. The maximum absolute atomic E-state index is 13.9. The quantitative estimate of drug-likeness (QED) is 0.318. The number of rotatable bonds is 3. The van der Waals surface area contributed by atoms with Crippen LogP contribution in [-0.4, -0.2) is 46.1 Å². The standard InChI is InChI=1S/C33H45N5O2S/c1-7-41-38-32(39)36(6)25-16-17-26-28(18-25)37-19-24(22(3)34-33(4,5)35-38)20-40-31-21(2)12-11-15-27(31)30(37)29(26)23-13-9-8-10-14-23/h11-12,15-18,22-24,34-35H,7-10,13-14,19-20H2,1-6H3/t22?,24-/m0/s1. The first kappa shape index (κ1) is 28.4. The first-order chi connectivity index (χ1) is 19.7. The van der Waals surface area contributed by atoms with Crippen molar-refractivity contribution < 1.29 is 9.53 Å². The van der Waals surface area contributed by atoms with Crippen LogP contribution in [0.2, 0.25) is 0 Å². The average Bonchev–Trinajstić information content (AvgIpc) is 3.25. The van der Waals surface area contributed by atoms with Crippen LogP contribution >= 0.6 is 11.9 Å². The third kappa shape index (κ3) is 5.23. The molecule has 1 aliphatic carbocycles. The summed E-state index contributed by atoms with van der Waals surface area (Å²) in [5.74, 6) is 2.52. The molecule has 0 spiro atoms. The van der Waals surface area contributed by atoms with Gasteiger partial charge in [-0.15, -0.1) is 0 Å². The zero-order chi connectivity index (χ0) is 28.9. The van der Waals surface area contributed by atoms with Gasteiger partial charge in [0, 0.05) is 47.9 Å². The highest BCUT2D eigenvalue weighted by molar-refractivity contribution is 7.97. The number of urea groups is 1. The van der Waals surface area contributed by atoms with Crippen LogP contribution in [0.25, 0.3) is 22.2 Å². The normalized spacial score (nSPS) is 23.4. The molecular weight excluding hydrogens is 530 g/mol. The second-order valence-electron chi connectivity index (χ2n) is 12.7. The lowest BCUT2D eigenvalue weighted by molar-refractivity contribution is 0.137. The lowest BCUT2D eigenvalue weighted by atomic mass is 9.81. The Labute approximate surface area is 249 Å². The zero-order valence-corrected chi connectivity index (χ0v) is 26.2. The van der Waals surface area contributed by atoms with Gasteiger partial charge < -0.3 is 9.30 Å². The minimum Gasteiger partial charge on any atom is -0.492 e. The van der Waals surface area contributed by atoms with Gasteiger partial charge in [0.15, 0.2) is 0 Å². The Morgan fingerprint density at radius 3 is 2.66 bits per heavy atom. The number of benzene rings is 2. The van der Waals surface area contributed by atoms with Gasteiger partial charge in [-0.25, -0.2) is 10.2 Å². The van der Waals surface area contributed by atoms with Crippen molar-refractivity contribution in [3.8, 4) is 17.0 Å². The van der Waals surface area contributed by atoms with E-state index in [1.54, 1.807) is 9.31 Å². The number of hydrazine groups is 1. The van der Waals surface area contributed by atoms with Gasteiger partial charge in [-0.3, -0.25) is 10.2 Å². The summed E-state index contributed by atoms with van der Waals surface area (Å²) in [6, 6.07) is 13.3. The SMILES string of the molecule is CCSN1NC(C)(C)NC(C)[C@@H]2COc3c(C)cccc3-c3c(C4CCCCC4)c4ccc(cc4n3C2)N(C)C1=O. The Morgan fingerprint density at radius 1 is 1.12 bits per heavy atom. The Hall–Kier alpha value is -2.68. The van der Waals surface area contributed by atoms with Crippen molar-refractivity contribution in [1.29, 1.82) is 0 Å². The van der Waals surface area contributed by atoms with Crippen LogP contribution in [-0.2, 0) is 6.54 Å². The molecule has 4 bridgehead atoms. The van der Waals surface area contributed by atoms with Crippen LogP contribution in [0, 0.1) is 12.8 Å². The van der Waals surface area contributed by atoms with E-state index in [1.165, 1.54) is 77.3 Å². The van der Waals surface area contributed by atoms with E-state index in [9.17, 15) is 4.79 Å². The number of hydrogen-bond donors (Lipinski definition) is 2. The van der Waals surface area contributed by atoms with Crippen molar-refractivity contribution in [2.45, 2.75) is 90.9 Å². The molecule has 2 amide bonds. The average molecular weight is 576 g/mol. The molecule has 0 radical (unpaired) electrons. The molecule has 2 aliphatic heterocycles. The number of ether oxygens (including phenoxy) is 1. The Balaban J connectivity index is 1.63. The van der Waals surface area contributed by atoms with Gasteiger partial charge in [0.2, 0.25) is 0 Å². The van der Waals surface area contributed by atoms with Crippen LogP contribution in [0.15, 0.2) is 36.4 Å². The van der Waals surface area contributed by atoms with E-state index in [-0.39, 0.29) is 18.0 Å². The molecule has 8 heteroatoms. The van der Waals surface area contributed by atoms with Gasteiger partial charge in [-0.05, 0) is 87.7 Å². The summed E-state index contributed by atoms with van der Waals surface area (Å²) in [6.07, 6.45) is 6.32.